The van der Waals surface area contributed by atoms with Gasteiger partial charge < -0.3 is 5.73 Å². The van der Waals surface area contributed by atoms with Crippen LogP contribution >= 0.6 is 15.9 Å². The molecule has 2 fully saturated rings. The molecule has 0 aromatic heterocycles. The topological polar surface area (TPSA) is 29.3 Å². The Kier molecular flexibility index (Phi) is 3.97. The minimum absolute atomic E-state index is 0.154. The molecule has 1 aliphatic carbocycles. The van der Waals surface area contributed by atoms with Gasteiger partial charge in [0, 0.05) is 16.1 Å². The highest BCUT2D eigenvalue weighted by atomic mass is 79.9. The van der Waals surface area contributed by atoms with E-state index in [-0.39, 0.29) is 11.6 Å². The largest absolute Gasteiger partial charge is 0.322 e. The molecule has 0 spiro atoms. The second-order valence-electron chi connectivity index (χ2n) is 6.03. The van der Waals surface area contributed by atoms with Crippen molar-refractivity contribution in [1.29, 1.82) is 0 Å². The second kappa shape index (κ2) is 5.55. The minimum atomic E-state index is 0.154. The Morgan fingerprint density at radius 2 is 1.58 bits per heavy atom. The number of halogens is 1. The predicted octanol–water partition coefficient (Wildman–Crippen LogP) is 3.86. The van der Waals surface area contributed by atoms with E-state index >= 15 is 0 Å². The van der Waals surface area contributed by atoms with E-state index in [0.29, 0.717) is 0 Å². The lowest BCUT2D eigenvalue weighted by Gasteiger charge is -2.43. The number of rotatable bonds is 3. The van der Waals surface area contributed by atoms with Crippen molar-refractivity contribution in [3.8, 4) is 0 Å². The average molecular weight is 323 g/mol. The molecular weight excluding hydrogens is 300 g/mol. The van der Waals surface area contributed by atoms with Crippen LogP contribution in [0, 0.1) is 0 Å². The van der Waals surface area contributed by atoms with Crippen LogP contribution in [0.1, 0.15) is 50.1 Å². The van der Waals surface area contributed by atoms with Crippen LogP contribution in [0.3, 0.4) is 0 Å². The van der Waals surface area contributed by atoms with E-state index in [0.717, 1.165) is 4.47 Å². The molecular formula is C16H23BrN2. The van der Waals surface area contributed by atoms with Crippen molar-refractivity contribution in [3.63, 3.8) is 0 Å². The number of hydrogen-bond donors (Lipinski definition) is 1. The van der Waals surface area contributed by atoms with Crippen LogP contribution < -0.4 is 5.73 Å². The van der Waals surface area contributed by atoms with Crippen molar-refractivity contribution in [2.75, 3.05) is 13.1 Å². The zero-order valence-electron chi connectivity index (χ0n) is 11.4. The van der Waals surface area contributed by atoms with E-state index in [9.17, 15) is 0 Å². The first kappa shape index (κ1) is 13.6. The molecule has 1 aromatic rings. The van der Waals surface area contributed by atoms with Gasteiger partial charge in [-0.1, -0.05) is 40.9 Å². The Morgan fingerprint density at radius 3 is 2.16 bits per heavy atom. The SMILES string of the molecule is NC(c1ccc(Br)cc1)C1(N2CCCC2)CCCC1. The van der Waals surface area contributed by atoms with Gasteiger partial charge in [0.25, 0.3) is 0 Å². The fourth-order valence-corrected chi connectivity index (χ4v) is 4.22. The van der Waals surface area contributed by atoms with Crippen molar-refractivity contribution >= 4 is 15.9 Å². The lowest BCUT2D eigenvalue weighted by atomic mass is 9.82. The fraction of sp³-hybridized carbons (Fsp3) is 0.625. The third-order valence-electron chi connectivity index (χ3n) is 5.01. The summed E-state index contributed by atoms with van der Waals surface area (Å²) < 4.78 is 1.13. The fourth-order valence-electron chi connectivity index (χ4n) is 3.95. The van der Waals surface area contributed by atoms with Crippen LogP contribution in [-0.4, -0.2) is 23.5 Å². The maximum absolute atomic E-state index is 6.71. The minimum Gasteiger partial charge on any atom is -0.322 e. The zero-order chi connectivity index (χ0) is 13.3. The summed E-state index contributed by atoms with van der Waals surface area (Å²) >= 11 is 3.51. The molecule has 2 N–H and O–H groups in total. The summed E-state index contributed by atoms with van der Waals surface area (Å²) in [5.74, 6) is 0. The standard InChI is InChI=1S/C16H23BrN2/c17-14-7-5-13(6-8-14)15(18)16(9-1-2-10-16)19-11-3-4-12-19/h5-8,15H,1-4,9-12,18H2. The summed E-state index contributed by atoms with van der Waals surface area (Å²) in [5, 5.41) is 0. The van der Waals surface area contributed by atoms with E-state index in [1.807, 2.05) is 0 Å². The van der Waals surface area contributed by atoms with Gasteiger partial charge in [-0.2, -0.15) is 0 Å². The molecule has 2 nitrogen and oxygen atoms in total. The van der Waals surface area contributed by atoms with Gasteiger partial charge in [-0.05, 0) is 56.5 Å². The second-order valence-corrected chi connectivity index (χ2v) is 6.95. The Morgan fingerprint density at radius 1 is 1.00 bits per heavy atom. The molecule has 0 bridgehead atoms. The number of hydrogen-bond acceptors (Lipinski definition) is 2. The molecule has 0 radical (unpaired) electrons. The normalized spacial score (nSPS) is 24.7. The van der Waals surface area contributed by atoms with E-state index in [1.54, 1.807) is 0 Å². The molecule has 19 heavy (non-hydrogen) atoms. The van der Waals surface area contributed by atoms with Gasteiger partial charge in [-0.25, -0.2) is 0 Å². The summed E-state index contributed by atoms with van der Waals surface area (Å²) in [6.45, 7) is 2.48. The molecule has 3 heteroatoms. The Bertz CT molecular complexity index is 417. The summed E-state index contributed by atoms with van der Waals surface area (Å²) in [5.41, 5.74) is 8.22. The number of benzene rings is 1. The van der Waals surface area contributed by atoms with E-state index in [4.69, 9.17) is 5.73 Å². The van der Waals surface area contributed by atoms with Crippen molar-refractivity contribution in [3.05, 3.63) is 34.3 Å². The van der Waals surface area contributed by atoms with Gasteiger partial charge in [0.2, 0.25) is 0 Å². The molecule has 1 saturated heterocycles. The monoisotopic (exact) mass is 322 g/mol. The first-order chi connectivity index (χ1) is 9.22. The third kappa shape index (κ3) is 2.48. The Hall–Kier alpha value is -0.380. The number of nitrogens with two attached hydrogens (primary N) is 1. The molecule has 1 heterocycles. The lowest BCUT2D eigenvalue weighted by molar-refractivity contribution is 0.0922. The number of likely N-dealkylation sites (tertiary alicyclic amines) is 1. The van der Waals surface area contributed by atoms with Crippen LogP contribution in [-0.2, 0) is 0 Å². The van der Waals surface area contributed by atoms with Crippen molar-refractivity contribution in [1.82, 2.24) is 4.90 Å². The molecule has 3 rings (SSSR count). The van der Waals surface area contributed by atoms with Gasteiger partial charge in [-0.15, -0.1) is 0 Å². The summed E-state index contributed by atoms with van der Waals surface area (Å²) in [7, 11) is 0. The van der Waals surface area contributed by atoms with Gasteiger partial charge in [0.05, 0.1) is 0 Å². The molecule has 1 unspecified atom stereocenters. The van der Waals surface area contributed by atoms with Gasteiger partial charge in [0.1, 0.15) is 0 Å². The van der Waals surface area contributed by atoms with Crippen LogP contribution in [0.5, 0.6) is 0 Å². The molecule has 1 atom stereocenters. The van der Waals surface area contributed by atoms with Gasteiger partial charge >= 0.3 is 0 Å². The van der Waals surface area contributed by atoms with Crippen LogP contribution in [0.4, 0.5) is 0 Å². The molecule has 1 aliphatic heterocycles. The smallest absolute Gasteiger partial charge is 0.0482 e. The quantitative estimate of drug-likeness (QED) is 0.915. The van der Waals surface area contributed by atoms with Crippen molar-refractivity contribution in [2.45, 2.75) is 50.1 Å². The Labute approximate surface area is 124 Å². The predicted molar refractivity (Wildman–Crippen MR) is 83.1 cm³/mol. The van der Waals surface area contributed by atoms with Crippen molar-refractivity contribution < 1.29 is 0 Å². The van der Waals surface area contributed by atoms with E-state index in [2.05, 4.69) is 45.1 Å². The first-order valence-electron chi connectivity index (χ1n) is 7.48. The highest BCUT2D eigenvalue weighted by Gasteiger charge is 2.45. The Balaban J connectivity index is 1.88. The number of nitrogens with zero attached hydrogens (tertiary/aromatic N) is 1. The van der Waals surface area contributed by atoms with Gasteiger partial charge in [0.15, 0.2) is 0 Å². The molecule has 1 aromatic carbocycles. The maximum Gasteiger partial charge on any atom is 0.0482 e. The highest BCUT2D eigenvalue weighted by Crippen LogP contribution is 2.44. The highest BCUT2D eigenvalue weighted by molar-refractivity contribution is 9.10. The first-order valence-corrected chi connectivity index (χ1v) is 8.28. The van der Waals surface area contributed by atoms with Crippen LogP contribution in [0.2, 0.25) is 0 Å². The third-order valence-corrected chi connectivity index (χ3v) is 5.54. The molecule has 0 amide bonds. The summed E-state index contributed by atoms with van der Waals surface area (Å²) in [4.78, 5) is 2.69. The van der Waals surface area contributed by atoms with E-state index in [1.165, 1.54) is 57.2 Å². The van der Waals surface area contributed by atoms with Crippen molar-refractivity contribution in [2.24, 2.45) is 5.73 Å². The summed E-state index contributed by atoms with van der Waals surface area (Å²) in [6, 6.07) is 8.75. The average Bonchev–Trinajstić information content (AvgIpc) is 3.10. The molecule has 104 valence electrons. The molecule has 1 saturated carbocycles. The van der Waals surface area contributed by atoms with Crippen LogP contribution in [0.15, 0.2) is 28.7 Å². The maximum atomic E-state index is 6.71. The van der Waals surface area contributed by atoms with Crippen LogP contribution in [0.25, 0.3) is 0 Å². The lowest BCUT2D eigenvalue weighted by Crippen LogP contribution is -2.52. The zero-order valence-corrected chi connectivity index (χ0v) is 13.0. The summed E-state index contributed by atoms with van der Waals surface area (Å²) in [6.07, 6.45) is 7.89. The van der Waals surface area contributed by atoms with Gasteiger partial charge in [-0.3, -0.25) is 4.90 Å². The van der Waals surface area contributed by atoms with E-state index < -0.39 is 0 Å². The molecule has 2 aliphatic rings.